The molecule has 0 aliphatic heterocycles. The second-order valence-electron chi connectivity index (χ2n) is 3.38. The number of carbonyl (C=O) groups excluding carboxylic acids is 1. The van der Waals surface area contributed by atoms with Crippen molar-refractivity contribution in [3.63, 3.8) is 0 Å². The molecule has 0 aliphatic carbocycles. The Balaban J connectivity index is 2.44. The molecule has 1 rings (SSSR count). The Morgan fingerprint density at radius 3 is 2.39 bits per heavy atom. The van der Waals surface area contributed by atoms with Gasteiger partial charge in [-0.3, -0.25) is 0 Å². The van der Waals surface area contributed by atoms with Crippen molar-refractivity contribution in [3.05, 3.63) is 24.3 Å². The fourth-order valence-corrected chi connectivity index (χ4v) is 1.16. The molecule has 100 valence electrons. The molecule has 0 aliphatic rings. The maximum Gasteiger partial charge on any atom is 0.405 e. The summed E-state index contributed by atoms with van der Waals surface area (Å²) in [6, 6.07) is 5.40. The summed E-state index contributed by atoms with van der Waals surface area (Å²) < 4.78 is 40.7. The van der Waals surface area contributed by atoms with Crippen LogP contribution in [0.1, 0.15) is 6.92 Å². The van der Waals surface area contributed by atoms with Crippen LogP contribution in [0.3, 0.4) is 0 Å². The van der Waals surface area contributed by atoms with Gasteiger partial charge in [-0.1, -0.05) is 0 Å². The Labute approximate surface area is 102 Å². The molecule has 0 heterocycles. The van der Waals surface area contributed by atoms with Crippen LogP contribution in [0.4, 0.5) is 23.7 Å². The predicted molar refractivity (Wildman–Crippen MR) is 60.7 cm³/mol. The van der Waals surface area contributed by atoms with E-state index in [1.54, 1.807) is 17.4 Å². The van der Waals surface area contributed by atoms with Crippen molar-refractivity contribution in [2.75, 3.05) is 18.5 Å². The third-order valence-corrected chi connectivity index (χ3v) is 1.87. The summed E-state index contributed by atoms with van der Waals surface area (Å²) >= 11 is 0. The molecule has 2 N–H and O–H groups in total. The van der Waals surface area contributed by atoms with Crippen LogP contribution in [0, 0.1) is 0 Å². The molecule has 1 aromatic rings. The number of ether oxygens (including phenoxy) is 1. The molecule has 7 heteroatoms. The highest BCUT2D eigenvalue weighted by Crippen LogP contribution is 2.16. The van der Waals surface area contributed by atoms with Gasteiger partial charge in [0.25, 0.3) is 0 Å². The lowest BCUT2D eigenvalue weighted by Crippen LogP contribution is -2.36. The highest BCUT2D eigenvalue weighted by Gasteiger charge is 2.27. The van der Waals surface area contributed by atoms with Gasteiger partial charge in [-0.2, -0.15) is 13.2 Å². The number of nitrogens with one attached hydrogen (secondary N) is 2. The van der Waals surface area contributed by atoms with E-state index in [9.17, 15) is 18.0 Å². The predicted octanol–water partition coefficient (Wildman–Crippen LogP) is 2.77. The number of anilines is 1. The molecule has 2 amide bonds. The number of halogens is 3. The zero-order valence-electron chi connectivity index (χ0n) is 9.67. The summed E-state index contributed by atoms with van der Waals surface area (Å²) in [4.78, 5) is 11.1. The van der Waals surface area contributed by atoms with E-state index in [2.05, 4.69) is 5.32 Å². The molecular formula is C11H13F3N2O2. The number of amides is 2. The highest BCUT2D eigenvalue weighted by molar-refractivity contribution is 5.89. The van der Waals surface area contributed by atoms with Gasteiger partial charge in [-0.25, -0.2) is 4.79 Å². The summed E-state index contributed by atoms with van der Waals surface area (Å²) in [5.74, 6) is 0.624. The lowest BCUT2D eigenvalue weighted by atomic mass is 10.3. The number of hydrogen-bond donors (Lipinski definition) is 2. The Hall–Kier alpha value is -1.92. The maximum absolute atomic E-state index is 11.8. The van der Waals surface area contributed by atoms with Crippen LogP contribution in [0.2, 0.25) is 0 Å². The summed E-state index contributed by atoms with van der Waals surface area (Å²) in [5, 5.41) is 3.98. The van der Waals surface area contributed by atoms with Crippen LogP contribution in [-0.2, 0) is 0 Å². The minimum atomic E-state index is -4.42. The van der Waals surface area contributed by atoms with Crippen LogP contribution in [0.25, 0.3) is 0 Å². The first kappa shape index (κ1) is 14.1. The van der Waals surface area contributed by atoms with Gasteiger partial charge < -0.3 is 15.4 Å². The minimum absolute atomic E-state index is 0.387. The van der Waals surface area contributed by atoms with E-state index in [1.807, 2.05) is 6.92 Å². The van der Waals surface area contributed by atoms with E-state index in [1.165, 1.54) is 12.1 Å². The number of carbonyl (C=O) groups is 1. The van der Waals surface area contributed by atoms with E-state index in [4.69, 9.17) is 4.74 Å². The largest absolute Gasteiger partial charge is 0.494 e. The number of urea groups is 1. The molecule has 0 bridgehead atoms. The Bertz CT molecular complexity index is 390. The zero-order chi connectivity index (χ0) is 13.6. The molecular weight excluding hydrogens is 249 g/mol. The van der Waals surface area contributed by atoms with Crippen molar-refractivity contribution in [1.29, 1.82) is 0 Å². The van der Waals surface area contributed by atoms with Crippen molar-refractivity contribution < 1.29 is 22.7 Å². The normalized spacial score (nSPS) is 10.9. The summed E-state index contributed by atoms with van der Waals surface area (Å²) in [7, 11) is 0. The molecule has 0 spiro atoms. The number of benzene rings is 1. The Morgan fingerprint density at radius 2 is 1.89 bits per heavy atom. The van der Waals surface area contributed by atoms with Crippen molar-refractivity contribution >= 4 is 11.7 Å². The fraction of sp³-hybridized carbons (Fsp3) is 0.364. The van der Waals surface area contributed by atoms with Crippen LogP contribution < -0.4 is 15.4 Å². The van der Waals surface area contributed by atoms with E-state index in [-0.39, 0.29) is 0 Å². The van der Waals surface area contributed by atoms with Gasteiger partial charge in [0.05, 0.1) is 6.61 Å². The first-order chi connectivity index (χ1) is 8.40. The zero-order valence-corrected chi connectivity index (χ0v) is 9.67. The Morgan fingerprint density at radius 1 is 1.28 bits per heavy atom. The monoisotopic (exact) mass is 262 g/mol. The molecule has 0 saturated carbocycles. The van der Waals surface area contributed by atoms with Crippen LogP contribution in [0.5, 0.6) is 5.75 Å². The van der Waals surface area contributed by atoms with Crippen LogP contribution in [-0.4, -0.2) is 25.4 Å². The van der Waals surface area contributed by atoms with Gasteiger partial charge in [-0.05, 0) is 31.2 Å². The smallest absolute Gasteiger partial charge is 0.405 e. The second-order valence-corrected chi connectivity index (χ2v) is 3.38. The van der Waals surface area contributed by atoms with Gasteiger partial charge in [0, 0.05) is 5.69 Å². The molecule has 1 aromatic carbocycles. The molecule has 0 radical (unpaired) electrons. The molecule has 18 heavy (non-hydrogen) atoms. The minimum Gasteiger partial charge on any atom is -0.494 e. The molecule has 0 atom stereocenters. The molecule has 0 saturated heterocycles. The standard InChI is InChI=1S/C11H13F3N2O2/c1-2-18-9-5-3-8(4-6-9)16-10(17)15-7-11(12,13)14/h3-6H,2,7H2,1H3,(H2,15,16,17). The van der Waals surface area contributed by atoms with Gasteiger partial charge in [0.15, 0.2) is 0 Å². The van der Waals surface area contributed by atoms with E-state index in [0.717, 1.165) is 0 Å². The Kier molecular flexibility index (Phi) is 4.82. The second kappa shape index (κ2) is 6.13. The van der Waals surface area contributed by atoms with Crippen LogP contribution in [0.15, 0.2) is 24.3 Å². The third kappa shape index (κ3) is 5.42. The topological polar surface area (TPSA) is 50.4 Å². The van der Waals surface area contributed by atoms with E-state index < -0.39 is 18.8 Å². The van der Waals surface area contributed by atoms with Gasteiger partial charge in [0.2, 0.25) is 0 Å². The summed E-state index contributed by atoms with van der Waals surface area (Å²) in [6.45, 7) is 0.978. The van der Waals surface area contributed by atoms with E-state index in [0.29, 0.717) is 18.0 Å². The van der Waals surface area contributed by atoms with Gasteiger partial charge in [-0.15, -0.1) is 0 Å². The van der Waals surface area contributed by atoms with Crippen molar-refractivity contribution in [2.45, 2.75) is 13.1 Å². The highest BCUT2D eigenvalue weighted by atomic mass is 19.4. The first-order valence-corrected chi connectivity index (χ1v) is 5.25. The van der Waals surface area contributed by atoms with Crippen molar-refractivity contribution in [1.82, 2.24) is 5.32 Å². The average molecular weight is 262 g/mol. The molecule has 0 unspecified atom stereocenters. The molecule has 0 fully saturated rings. The number of alkyl halides is 3. The van der Waals surface area contributed by atoms with Crippen LogP contribution >= 0.6 is 0 Å². The maximum atomic E-state index is 11.8. The first-order valence-electron chi connectivity index (χ1n) is 5.25. The summed E-state index contributed by atoms with van der Waals surface area (Å²) in [5.41, 5.74) is 0.387. The third-order valence-electron chi connectivity index (χ3n) is 1.87. The van der Waals surface area contributed by atoms with Crippen molar-refractivity contribution in [2.24, 2.45) is 0 Å². The number of rotatable bonds is 4. The number of hydrogen-bond acceptors (Lipinski definition) is 2. The fourth-order valence-electron chi connectivity index (χ4n) is 1.16. The lowest BCUT2D eigenvalue weighted by molar-refractivity contribution is -0.122. The summed E-state index contributed by atoms with van der Waals surface area (Å²) in [6.07, 6.45) is -4.42. The molecule has 4 nitrogen and oxygen atoms in total. The SMILES string of the molecule is CCOc1ccc(NC(=O)NCC(F)(F)F)cc1. The van der Waals surface area contributed by atoms with Gasteiger partial charge >= 0.3 is 12.2 Å². The van der Waals surface area contributed by atoms with Gasteiger partial charge in [0.1, 0.15) is 12.3 Å². The molecule has 0 aromatic heterocycles. The lowest BCUT2D eigenvalue weighted by Gasteiger charge is -2.10. The quantitative estimate of drug-likeness (QED) is 0.876. The van der Waals surface area contributed by atoms with Crippen molar-refractivity contribution in [3.8, 4) is 5.75 Å². The average Bonchev–Trinajstić information content (AvgIpc) is 2.29. The van der Waals surface area contributed by atoms with E-state index >= 15 is 0 Å².